The molecule has 1 aromatic heterocycles. The standard InChI is InChI=1S/C18H24N4O2S/c1-6-11-22-14-10-8-7-9-13(14)19-17(22)25-12(2)15(23)20-16(24)21-18(3,4)5/h6-10,12H,1,11H2,2-5H3,(H2,20,21,23,24). The number of para-hydroxylation sites is 2. The summed E-state index contributed by atoms with van der Waals surface area (Å²) in [5, 5.41) is 5.34. The number of aromatic nitrogens is 2. The van der Waals surface area contributed by atoms with Crippen molar-refractivity contribution in [3.8, 4) is 0 Å². The fourth-order valence-electron chi connectivity index (χ4n) is 2.25. The van der Waals surface area contributed by atoms with E-state index in [0.717, 1.165) is 16.2 Å². The molecule has 0 aliphatic heterocycles. The molecule has 0 spiro atoms. The van der Waals surface area contributed by atoms with Crippen LogP contribution in [0.2, 0.25) is 0 Å². The highest BCUT2D eigenvalue weighted by molar-refractivity contribution is 8.00. The summed E-state index contributed by atoms with van der Waals surface area (Å²) in [6, 6.07) is 7.29. The molecule has 3 amide bonds. The van der Waals surface area contributed by atoms with E-state index in [1.165, 1.54) is 11.8 Å². The first-order valence-electron chi connectivity index (χ1n) is 8.07. The molecule has 1 aromatic carbocycles. The molecule has 0 radical (unpaired) electrons. The van der Waals surface area contributed by atoms with Crippen LogP contribution in [0.4, 0.5) is 4.79 Å². The topological polar surface area (TPSA) is 76.0 Å². The molecular formula is C18H24N4O2S. The lowest BCUT2D eigenvalue weighted by Gasteiger charge is -2.21. The molecule has 134 valence electrons. The quantitative estimate of drug-likeness (QED) is 0.633. The van der Waals surface area contributed by atoms with Crippen molar-refractivity contribution >= 4 is 34.7 Å². The number of imide groups is 1. The zero-order chi connectivity index (χ0) is 18.6. The minimum atomic E-state index is -0.496. The van der Waals surface area contributed by atoms with Gasteiger partial charge in [0.2, 0.25) is 5.91 Å². The summed E-state index contributed by atoms with van der Waals surface area (Å²) in [7, 11) is 0. The molecule has 0 saturated carbocycles. The summed E-state index contributed by atoms with van der Waals surface area (Å²) in [6.07, 6.45) is 1.79. The highest BCUT2D eigenvalue weighted by Gasteiger charge is 2.22. The average Bonchev–Trinajstić information content (AvgIpc) is 2.83. The number of nitrogens with zero attached hydrogens (tertiary/aromatic N) is 2. The number of amides is 3. The second-order valence-corrected chi connectivity index (χ2v) is 8.04. The van der Waals surface area contributed by atoms with Crippen LogP contribution in [-0.2, 0) is 11.3 Å². The van der Waals surface area contributed by atoms with E-state index in [9.17, 15) is 9.59 Å². The number of hydrogen-bond donors (Lipinski definition) is 2. The van der Waals surface area contributed by atoms with Crippen molar-refractivity contribution in [1.29, 1.82) is 0 Å². The summed E-state index contributed by atoms with van der Waals surface area (Å²) in [5.41, 5.74) is 1.45. The van der Waals surface area contributed by atoms with E-state index in [1.54, 1.807) is 13.0 Å². The lowest BCUT2D eigenvalue weighted by molar-refractivity contribution is -0.119. The number of imidazole rings is 1. The van der Waals surface area contributed by atoms with Gasteiger partial charge in [-0.3, -0.25) is 10.1 Å². The third-order valence-electron chi connectivity index (χ3n) is 3.31. The van der Waals surface area contributed by atoms with E-state index in [4.69, 9.17) is 0 Å². The number of carbonyl (C=O) groups is 2. The van der Waals surface area contributed by atoms with Gasteiger partial charge in [0.25, 0.3) is 0 Å². The first-order valence-corrected chi connectivity index (χ1v) is 8.95. The minimum Gasteiger partial charge on any atom is -0.333 e. The third-order valence-corrected chi connectivity index (χ3v) is 4.40. The number of rotatable bonds is 5. The number of benzene rings is 1. The second-order valence-electron chi connectivity index (χ2n) is 6.74. The van der Waals surface area contributed by atoms with Crippen LogP contribution in [0.15, 0.2) is 42.1 Å². The average molecular weight is 360 g/mol. The Balaban J connectivity index is 2.12. The molecule has 0 aliphatic rings. The molecule has 2 aromatic rings. The Morgan fingerprint density at radius 2 is 2.04 bits per heavy atom. The predicted molar refractivity (Wildman–Crippen MR) is 102 cm³/mol. The number of fused-ring (bicyclic) bond motifs is 1. The highest BCUT2D eigenvalue weighted by atomic mass is 32.2. The van der Waals surface area contributed by atoms with Gasteiger partial charge in [-0.25, -0.2) is 9.78 Å². The minimum absolute atomic E-state index is 0.357. The zero-order valence-electron chi connectivity index (χ0n) is 15.0. The maximum Gasteiger partial charge on any atom is 0.321 e. The smallest absolute Gasteiger partial charge is 0.321 e. The Hall–Kier alpha value is -2.28. The summed E-state index contributed by atoms with van der Waals surface area (Å²) >= 11 is 1.32. The van der Waals surface area contributed by atoms with Gasteiger partial charge >= 0.3 is 6.03 Å². The van der Waals surface area contributed by atoms with Crippen LogP contribution in [0.5, 0.6) is 0 Å². The number of thioether (sulfide) groups is 1. The number of carbonyl (C=O) groups excluding carboxylic acids is 2. The molecule has 1 atom stereocenters. The van der Waals surface area contributed by atoms with Crippen molar-refractivity contribution in [2.45, 2.75) is 50.2 Å². The second kappa shape index (κ2) is 7.74. The van der Waals surface area contributed by atoms with Gasteiger partial charge in [-0.2, -0.15) is 0 Å². The molecule has 1 unspecified atom stereocenters. The van der Waals surface area contributed by atoms with E-state index in [0.29, 0.717) is 6.54 Å². The maximum absolute atomic E-state index is 12.3. The van der Waals surface area contributed by atoms with Crippen LogP contribution in [0.25, 0.3) is 11.0 Å². The van der Waals surface area contributed by atoms with Crippen molar-refractivity contribution in [2.75, 3.05) is 0 Å². The summed E-state index contributed by atoms with van der Waals surface area (Å²) in [6.45, 7) is 11.7. The molecule has 0 fully saturated rings. The third kappa shape index (κ3) is 5.09. The van der Waals surface area contributed by atoms with Crippen molar-refractivity contribution in [3.63, 3.8) is 0 Å². The van der Waals surface area contributed by atoms with Gasteiger partial charge in [-0.15, -0.1) is 6.58 Å². The first kappa shape index (κ1) is 19.1. The molecular weight excluding hydrogens is 336 g/mol. The zero-order valence-corrected chi connectivity index (χ0v) is 15.8. The fourth-order valence-corrected chi connectivity index (χ4v) is 3.18. The molecule has 0 aliphatic carbocycles. The van der Waals surface area contributed by atoms with E-state index >= 15 is 0 Å². The fraction of sp³-hybridized carbons (Fsp3) is 0.389. The van der Waals surface area contributed by atoms with E-state index < -0.39 is 16.8 Å². The molecule has 2 rings (SSSR count). The molecule has 0 saturated heterocycles. The summed E-state index contributed by atoms with van der Waals surface area (Å²) < 4.78 is 2.01. The van der Waals surface area contributed by atoms with E-state index in [1.807, 2.05) is 49.6 Å². The SMILES string of the molecule is C=CCn1c(SC(C)C(=O)NC(=O)NC(C)(C)C)nc2ccccc21. The van der Waals surface area contributed by atoms with Crippen LogP contribution >= 0.6 is 11.8 Å². The number of hydrogen-bond acceptors (Lipinski definition) is 4. The van der Waals surface area contributed by atoms with Gasteiger partial charge in [0.05, 0.1) is 16.3 Å². The molecule has 25 heavy (non-hydrogen) atoms. The summed E-state index contributed by atoms with van der Waals surface area (Å²) in [4.78, 5) is 28.7. The van der Waals surface area contributed by atoms with Gasteiger partial charge in [-0.05, 0) is 39.8 Å². The molecule has 7 heteroatoms. The summed E-state index contributed by atoms with van der Waals surface area (Å²) in [5.74, 6) is -0.357. The molecule has 2 N–H and O–H groups in total. The Kier molecular flexibility index (Phi) is 5.89. The number of nitrogens with one attached hydrogen (secondary N) is 2. The number of allylic oxidation sites excluding steroid dienone is 1. The van der Waals surface area contributed by atoms with Gasteiger partial charge in [0.15, 0.2) is 5.16 Å². The molecule has 6 nitrogen and oxygen atoms in total. The van der Waals surface area contributed by atoms with Crippen LogP contribution in [0.1, 0.15) is 27.7 Å². The van der Waals surface area contributed by atoms with Gasteiger partial charge in [-0.1, -0.05) is 30.0 Å². The van der Waals surface area contributed by atoms with Crippen molar-refractivity contribution in [2.24, 2.45) is 0 Å². The molecule has 0 bridgehead atoms. The normalized spacial score (nSPS) is 12.6. The molecule has 1 heterocycles. The van der Waals surface area contributed by atoms with Crippen molar-refractivity contribution in [3.05, 3.63) is 36.9 Å². The van der Waals surface area contributed by atoms with Gasteiger partial charge in [0.1, 0.15) is 0 Å². The van der Waals surface area contributed by atoms with Crippen molar-refractivity contribution in [1.82, 2.24) is 20.2 Å². The lowest BCUT2D eigenvalue weighted by atomic mass is 10.1. The highest BCUT2D eigenvalue weighted by Crippen LogP contribution is 2.27. The van der Waals surface area contributed by atoms with Gasteiger partial charge in [0, 0.05) is 12.1 Å². The van der Waals surface area contributed by atoms with Crippen LogP contribution < -0.4 is 10.6 Å². The lowest BCUT2D eigenvalue weighted by Crippen LogP contribution is -2.49. The monoisotopic (exact) mass is 360 g/mol. The van der Waals surface area contributed by atoms with Crippen LogP contribution in [0.3, 0.4) is 0 Å². The Bertz CT molecular complexity index is 792. The first-order chi connectivity index (χ1) is 11.7. The largest absolute Gasteiger partial charge is 0.333 e. The van der Waals surface area contributed by atoms with Crippen LogP contribution in [0, 0.1) is 0 Å². The van der Waals surface area contributed by atoms with Crippen LogP contribution in [-0.4, -0.2) is 32.3 Å². The Morgan fingerprint density at radius 3 is 2.68 bits per heavy atom. The Morgan fingerprint density at radius 1 is 1.36 bits per heavy atom. The predicted octanol–water partition coefficient (Wildman–Crippen LogP) is 3.33. The van der Waals surface area contributed by atoms with Gasteiger partial charge < -0.3 is 9.88 Å². The number of urea groups is 1. The maximum atomic E-state index is 12.3. The van der Waals surface area contributed by atoms with Crippen molar-refractivity contribution < 1.29 is 9.59 Å². The van der Waals surface area contributed by atoms with E-state index in [-0.39, 0.29) is 5.91 Å². The van der Waals surface area contributed by atoms with E-state index in [2.05, 4.69) is 22.2 Å². The Labute approximate surface area is 152 Å².